The maximum Gasteiger partial charge on any atom is 0.245 e. The third-order valence-electron chi connectivity index (χ3n) is 3.12. The second-order valence-corrected chi connectivity index (χ2v) is 6.41. The molecule has 1 rings (SSSR count). The second-order valence-electron chi connectivity index (χ2n) is 6.41. The van der Waals surface area contributed by atoms with Crippen LogP contribution in [0.1, 0.15) is 41.5 Å². The van der Waals surface area contributed by atoms with Crippen molar-refractivity contribution < 1.29 is 14.3 Å². The zero-order valence-electron chi connectivity index (χ0n) is 12.8. The molecular weight excluding hydrogens is 244 g/mol. The van der Waals surface area contributed by atoms with Crippen LogP contribution in [-0.4, -0.2) is 47.6 Å². The molecule has 2 atom stereocenters. The Morgan fingerprint density at radius 2 is 1.89 bits per heavy atom. The van der Waals surface area contributed by atoms with Gasteiger partial charge in [0.25, 0.3) is 0 Å². The molecule has 5 heteroatoms. The fourth-order valence-corrected chi connectivity index (χ4v) is 2.25. The lowest BCUT2D eigenvalue weighted by molar-refractivity contribution is -0.152. The van der Waals surface area contributed by atoms with E-state index in [1.807, 2.05) is 34.6 Å². The van der Waals surface area contributed by atoms with Gasteiger partial charge in [0.1, 0.15) is 12.1 Å². The molecule has 1 fully saturated rings. The van der Waals surface area contributed by atoms with Crippen molar-refractivity contribution in [3.8, 4) is 0 Å². The Kier molecular flexibility index (Phi) is 4.96. The third-order valence-corrected chi connectivity index (χ3v) is 3.12. The maximum absolute atomic E-state index is 12.2. The van der Waals surface area contributed by atoms with Gasteiger partial charge in [-0.3, -0.25) is 9.59 Å². The standard InChI is InChI=1S/C14H26N2O3/c1-9(2)11-12(17)15-10(3)13(18)16(11)7-8-19-14(4,5)6/h9-11H,7-8H2,1-6H3,(H,15,17). The number of hydrogen-bond acceptors (Lipinski definition) is 3. The van der Waals surface area contributed by atoms with Gasteiger partial charge in [0.05, 0.1) is 12.2 Å². The molecule has 0 spiro atoms. The molecule has 1 heterocycles. The van der Waals surface area contributed by atoms with Crippen LogP contribution in [-0.2, 0) is 14.3 Å². The van der Waals surface area contributed by atoms with Gasteiger partial charge in [-0.15, -0.1) is 0 Å². The lowest BCUT2D eigenvalue weighted by Gasteiger charge is -2.40. The van der Waals surface area contributed by atoms with E-state index in [1.165, 1.54) is 0 Å². The molecule has 1 N–H and O–H groups in total. The van der Waals surface area contributed by atoms with Gasteiger partial charge in [-0.1, -0.05) is 13.8 Å². The highest BCUT2D eigenvalue weighted by molar-refractivity contribution is 5.96. The van der Waals surface area contributed by atoms with Crippen molar-refractivity contribution in [1.29, 1.82) is 0 Å². The van der Waals surface area contributed by atoms with E-state index in [0.29, 0.717) is 13.2 Å². The monoisotopic (exact) mass is 270 g/mol. The molecule has 2 unspecified atom stereocenters. The first-order valence-corrected chi connectivity index (χ1v) is 6.88. The van der Waals surface area contributed by atoms with Crippen LogP contribution in [0.3, 0.4) is 0 Å². The number of ether oxygens (including phenoxy) is 1. The summed E-state index contributed by atoms with van der Waals surface area (Å²) in [6.45, 7) is 12.4. The summed E-state index contributed by atoms with van der Waals surface area (Å²) in [5.74, 6) is -0.0141. The van der Waals surface area contributed by atoms with Crippen molar-refractivity contribution in [1.82, 2.24) is 10.2 Å². The Balaban J connectivity index is 2.73. The predicted octanol–water partition coefficient (Wildman–Crippen LogP) is 1.17. The van der Waals surface area contributed by atoms with E-state index in [1.54, 1.807) is 11.8 Å². The number of rotatable bonds is 4. The summed E-state index contributed by atoms with van der Waals surface area (Å²) in [6, 6.07) is -0.843. The number of hydrogen-bond donors (Lipinski definition) is 1. The summed E-state index contributed by atoms with van der Waals surface area (Å²) in [4.78, 5) is 25.9. The van der Waals surface area contributed by atoms with E-state index in [0.717, 1.165) is 0 Å². The van der Waals surface area contributed by atoms with Crippen LogP contribution in [0.15, 0.2) is 0 Å². The summed E-state index contributed by atoms with van der Waals surface area (Å²) < 4.78 is 5.65. The molecule has 0 aromatic carbocycles. The van der Waals surface area contributed by atoms with Crippen molar-refractivity contribution in [3.05, 3.63) is 0 Å². The third kappa shape index (κ3) is 4.20. The lowest BCUT2D eigenvalue weighted by Crippen LogP contribution is -2.64. The molecule has 0 aromatic heterocycles. The normalized spacial score (nSPS) is 24.9. The molecule has 19 heavy (non-hydrogen) atoms. The molecule has 5 nitrogen and oxygen atoms in total. The van der Waals surface area contributed by atoms with Gasteiger partial charge in [0.2, 0.25) is 11.8 Å². The smallest absolute Gasteiger partial charge is 0.245 e. The van der Waals surface area contributed by atoms with Crippen molar-refractivity contribution in [3.63, 3.8) is 0 Å². The van der Waals surface area contributed by atoms with Gasteiger partial charge in [0.15, 0.2) is 0 Å². The quantitative estimate of drug-likeness (QED) is 0.834. The Hall–Kier alpha value is -1.10. The number of nitrogens with one attached hydrogen (secondary N) is 1. The van der Waals surface area contributed by atoms with Crippen LogP contribution in [0.5, 0.6) is 0 Å². The highest BCUT2D eigenvalue weighted by atomic mass is 16.5. The van der Waals surface area contributed by atoms with Crippen LogP contribution in [0.25, 0.3) is 0 Å². The van der Waals surface area contributed by atoms with Crippen LogP contribution < -0.4 is 5.32 Å². The van der Waals surface area contributed by atoms with E-state index in [2.05, 4.69) is 5.32 Å². The Morgan fingerprint density at radius 1 is 1.32 bits per heavy atom. The van der Waals surface area contributed by atoms with E-state index in [9.17, 15) is 9.59 Å². The number of carbonyl (C=O) groups excluding carboxylic acids is 2. The number of amides is 2. The van der Waals surface area contributed by atoms with Gasteiger partial charge < -0.3 is 15.0 Å². The summed E-state index contributed by atoms with van der Waals surface area (Å²) >= 11 is 0. The zero-order chi connectivity index (χ0) is 14.8. The van der Waals surface area contributed by atoms with Gasteiger partial charge in [-0.2, -0.15) is 0 Å². The fraction of sp³-hybridized carbons (Fsp3) is 0.857. The van der Waals surface area contributed by atoms with Crippen LogP contribution >= 0.6 is 0 Å². The predicted molar refractivity (Wildman–Crippen MR) is 73.6 cm³/mol. The van der Waals surface area contributed by atoms with Crippen molar-refractivity contribution in [2.24, 2.45) is 5.92 Å². The van der Waals surface area contributed by atoms with Gasteiger partial charge in [0, 0.05) is 6.54 Å². The molecule has 1 saturated heterocycles. The fourth-order valence-electron chi connectivity index (χ4n) is 2.25. The van der Waals surface area contributed by atoms with Crippen molar-refractivity contribution >= 4 is 11.8 Å². The van der Waals surface area contributed by atoms with Gasteiger partial charge in [-0.05, 0) is 33.6 Å². The van der Waals surface area contributed by atoms with E-state index >= 15 is 0 Å². The Morgan fingerprint density at radius 3 is 2.37 bits per heavy atom. The average Bonchev–Trinajstić information content (AvgIpc) is 2.22. The van der Waals surface area contributed by atoms with Crippen LogP contribution in [0, 0.1) is 5.92 Å². The number of nitrogens with zero attached hydrogens (tertiary/aromatic N) is 1. The van der Waals surface area contributed by atoms with Gasteiger partial charge >= 0.3 is 0 Å². The summed E-state index contributed by atoms with van der Waals surface area (Å²) in [5, 5.41) is 2.73. The average molecular weight is 270 g/mol. The SMILES string of the molecule is CC1NC(=O)C(C(C)C)N(CCOC(C)(C)C)C1=O. The first kappa shape index (κ1) is 16.0. The molecule has 0 aliphatic carbocycles. The molecule has 2 amide bonds. The summed E-state index contributed by atoms with van der Waals surface area (Å²) in [6.07, 6.45) is 0. The van der Waals surface area contributed by atoms with Crippen molar-refractivity contribution in [2.45, 2.75) is 59.2 Å². The first-order chi connectivity index (χ1) is 8.63. The first-order valence-electron chi connectivity index (χ1n) is 6.88. The van der Waals surface area contributed by atoms with E-state index < -0.39 is 12.1 Å². The number of carbonyl (C=O) groups is 2. The second kappa shape index (κ2) is 5.90. The summed E-state index contributed by atoms with van der Waals surface area (Å²) in [5.41, 5.74) is -0.236. The molecule has 0 bridgehead atoms. The topological polar surface area (TPSA) is 58.6 Å². The molecule has 1 aliphatic heterocycles. The molecule has 1 aliphatic rings. The Bertz CT molecular complexity index is 347. The minimum Gasteiger partial charge on any atom is -0.374 e. The minimum absolute atomic E-state index is 0.0317. The van der Waals surface area contributed by atoms with Crippen LogP contribution in [0.2, 0.25) is 0 Å². The largest absolute Gasteiger partial charge is 0.374 e. The van der Waals surface area contributed by atoms with E-state index in [-0.39, 0.29) is 23.3 Å². The lowest BCUT2D eigenvalue weighted by atomic mass is 9.97. The highest BCUT2D eigenvalue weighted by Gasteiger charge is 2.39. The van der Waals surface area contributed by atoms with E-state index in [4.69, 9.17) is 4.74 Å². The molecule has 0 aromatic rings. The molecule has 0 saturated carbocycles. The van der Waals surface area contributed by atoms with Crippen molar-refractivity contribution in [2.75, 3.05) is 13.2 Å². The molecule has 110 valence electrons. The Labute approximate surface area is 115 Å². The zero-order valence-corrected chi connectivity index (χ0v) is 12.8. The summed E-state index contributed by atoms with van der Waals surface area (Å²) in [7, 11) is 0. The van der Waals surface area contributed by atoms with Gasteiger partial charge in [-0.25, -0.2) is 0 Å². The molecular formula is C14H26N2O3. The number of piperazine rings is 1. The highest BCUT2D eigenvalue weighted by Crippen LogP contribution is 2.17. The molecule has 0 radical (unpaired) electrons. The van der Waals surface area contributed by atoms with Crippen LogP contribution in [0.4, 0.5) is 0 Å². The maximum atomic E-state index is 12.2. The minimum atomic E-state index is -0.447.